The molecule has 0 saturated heterocycles. The lowest BCUT2D eigenvalue weighted by Crippen LogP contribution is -2.06. The molecule has 102 valence electrons. The molecule has 0 bridgehead atoms. The van der Waals surface area contributed by atoms with Crippen molar-refractivity contribution in [2.24, 2.45) is 0 Å². The highest BCUT2D eigenvalue weighted by atomic mass is 19.1. The van der Waals surface area contributed by atoms with E-state index in [9.17, 15) is 8.78 Å². The van der Waals surface area contributed by atoms with Gasteiger partial charge in [-0.1, -0.05) is 0 Å². The van der Waals surface area contributed by atoms with E-state index in [-0.39, 0.29) is 11.3 Å². The van der Waals surface area contributed by atoms with Gasteiger partial charge in [0, 0.05) is 12.6 Å². The Morgan fingerprint density at radius 1 is 1.26 bits per heavy atom. The monoisotopic (exact) mass is 266 g/mol. The van der Waals surface area contributed by atoms with Gasteiger partial charge in [0.1, 0.15) is 11.6 Å². The van der Waals surface area contributed by atoms with Crippen molar-refractivity contribution in [1.82, 2.24) is 9.78 Å². The van der Waals surface area contributed by atoms with Gasteiger partial charge < -0.3 is 11.1 Å². The van der Waals surface area contributed by atoms with Crippen molar-refractivity contribution in [2.75, 3.05) is 11.1 Å². The standard InChI is InChI=1S/C13H16F2N4/c1-4-19-13(12(16)8(3)18-19)17-11-6-9(14)7(2)5-10(11)15/h5-6,17H,4,16H2,1-3H3. The molecule has 0 atom stereocenters. The zero-order valence-corrected chi connectivity index (χ0v) is 11.1. The zero-order chi connectivity index (χ0) is 14.2. The summed E-state index contributed by atoms with van der Waals surface area (Å²) in [5.74, 6) is -0.524. The molecule has 0 aliphatic heterocycles. The third kappa shape index (κ3) is 2.38. The Morgan fingerprint density at radius 3 is 2.58 bits per heavy atom. The molecule has 4 nitrogen and oxygen atoms in total. The normalized spacial score (nSPS) is 10.8. The Hall–Kier alpha value is -2.11. The minimum Gasteiger partial charge on any atom is -0.394 e. The van der Waals surface area contributed by atoms with E-state index in [0.717, 1.165) is 12.1 Å². The van der Waals surface area contributed by atoms with E-state index in [0.29, 0.717) is 23.7 Å². The van der Waals surface area contributed by atoms with Gasteiger partial charge in [0.05, 0.1) is 17.1 Å². The quantitative estimate of drug-likeness (QED) is 0.897. The van der Waals surface area contributed by atoms with Crippen LogP contribution < -0.4 is 11.1 Å². The van der Waals surface area contributed by atoms with Crippen LogP contribution in [0, 0.1) is 25.5 Å². The Kier molecular flexibility index (Phi) is 3.42. The lowest BCUT2D eigenvalue weighted by molar-refractivity contribution is 0.595. The predicted octanol–water partition coefficient (Wildman–Crippen LogP) is 3.12. The fourth-order valence-corrected chi connectivity index (χ4v) is 1.83. The first-order valence-electron chi connectivity index (χ1n) is 5.99. The van der Waals surface area contributed by atoms with Gasteiger partial charge in [-0.05, 0) is 32.4 Å². The number of aryl methyl sites for hydroxylation is 3. The molecule has 1 heterocycles. The van der Waals surface area contributed by atoms with Crippen LogP contribution in [0.25, 0.3) is 0 Å². The maximum Gasteiger partial charge on any atom is 0.152 e. The highest BCUT2D eigenvalue weighted by molar-refractivity contribution is 5.71. The molecule has 1 aromatic heterocycles. The number of hydrogen-bond acceptors (Lipinski definition) is 3. The van der Waals surface area contributed by atoms with E-state index in [4.69, 9.17) is 5.73 Å². The number of hydrogen-bond donors (Lipinski definition) is 2. The van der Waals surface area contributed by atoms with Crippen LogP contribution in [0.4, 0.5) is 26.0 Å². The molecular formula is C13H16F2N4. The summed E-state index contributed by atoms with van der Waals surface area (Å²) in [4.78, 5) is 0. The molecular weight excluding hydrogens is 250 g/mol. The number of nitrogens with one attached hydrogen (secondary N) is 1. The van der Waals surface area contributed by atoms with Gasteiger partial charge in [0.25, 0.3) is 0 Å². The summed E-state index contributed by atoms with van der Waals surface area (Å²) in [5, 5.41) is 7.02. The molecule has 0 aliphatic carbocycles. The van der Waals surface area contributed by atoms with E-state index >= 15 is 0 Å². The fraction of sp³-hybridized carbons (Fsp3) is 0.308. The third-order valence-corrected chi connectivity index (χ3v) is 2.97. The first-order valence-corrected chi connectivity index (χ1v) is 5.99. The third-order valence-electron chi connectivity index (χ3n) is 2.97. The predicted molar refractivity (Wildman–Crippen MR) is 71.4 cm³/mol. The second-order valence-electron chi connectivity index (χ2n) is 4.37. The van der Waals surface area contributed by atoms with Crippen LogP contribution in [0.1, 0.15) is 18.2 Å². The first-order chi connectivity index (χ1) is 8.93. The Balaban J connectivity index is 2.44. The maximum atomic E-state index is 13.8. The van der Waals surface area contributed by atoms with Crippen molar-refractivity contribution in [1.29, 1.82) is 0 Å². The van der Waals surface area contributed by atoms with Crippen LogP contribution in [-0.4, -0.2) is 9.78 Å². The largest absolute Gasteiger partial charge is 0.394 e. The van der Waals surface area contributed by atoms with Crippen LogP contribution in [0.5, 0.6) is 0 Å². The van der Waals surface area contributed by atoms with E-state index < -0.39 is 11.6 Å². The molecule has 2 aromatic rings. The average molecular weight is 266 g/mol. The second kappa shape index (κ2) is 4.87. The average Bonchev–Trinajstić information content (AvgIpc) is 2.63. The lowest BCUT2D eigenvalue weighted by Gasteiger charge is -2.11. The Labute approximate surface area is 110 Å². The molecule has 19 heavy (non-hydrogen) atoms. The number of aromatic nitrogens is 2. The topological polar surface area (TPSA) is 55.9 Å². The minimum absolute atomic E-state index is 0.0457. The molecule has 0 unspecified atom stereocenters. The number of nitrogens with two attached hydrogens (primary N) is 1. The van der Waals surface area contributed by atoms with Gasteiger partial charge in [0.2, 0.25) is 0 Å². The maximum absolute atomic E-state index is 13.8. The van der Waals surface area contributed by atoms with Gasteiger partial charge in [-0.2, -0.15) is 5.10 Å². The van der Waals surface area contributed by atoms with Crippen LogP contribution in [0.3, 0.4) is 0 Å². The molecule has 0 saturated carbocycles. The molecule has 6 heteroatoms. The number of nitrogens with zero attached hydrogens (tertiary/aromatic N) is 2. The number of anilines is 3. The molecule has 3 N–H and O–H groups in total. The lowest BCUT2D eigenvalue weighted by atomic mass is 10.2. The van der Waals surface area contributed by atoms with Crippen molar-refractivity contribution in [3.05, 3.63) is 35.0 Å². The SMILES string of the molecule is CCn1nc(C)c(N)c1Nc1cc(F)c(C)cc1F. The number of benzene rings is 1. The summed E-state index contributed by atoms with van der Waals surface area (Å²) < 4.78 is 28.9. The minimum atomic E-state index is -0.528. The fourth-order valence-electron chi connectivity index (χ4n) is 1.83. The second-order valence-corrected chi connectivity index (χ2v) is 4.37. The molecule has 2 rings (SSSR count). The number of nitrogen functional groups attached to an aromatic ring is 1. The molecule has 0 fully saturated rings. The summed E-state index contributed by atoms with van der Waals surface area (Å²) >= 11 is 0. The highest BCUT2D eigenvalue weighted by Crippen LogP contribution is 2.28. The van der Waals surface area contributed by atoms with Crippen molar-refractivity contribution in [2.45, 2.75) is 27.3 Å². The van der Waals surface area contributed by atoms with Crippen LogP contribution in [0.2, 0.25) is 0 Å². The van der Waals surface area contributed by atoms with E-state index in [2.05, 4.69) is 10.4 Å². The van der Waals surface area contributed by atoms with Gasteiger partial charge >= 0.3 is 0 Å². The summed E-state index contributed by atoms with van der Waals surface area (Å²) in [5.41, 5.74) is 7.27. The molecule has 0 radical (unpaired) electrons. The van der Waals surface area contributed by atoms with Crippen molar-refractivity contribution in [3.63, 3.8) is 0 Å². The summed E-state index contributed by atoms with van der Waals surface area (Å²) in [6.07, 6.45) is 0. The zero-order valence-electron chi connectivity index (χ0n) is 11.1. The number of rotatable bonds is 3. The smallest absolute Gasteiger partial charge is 0.152 e. The first kappa shape index (κ1) is 13.3. The van der Waals surface area contributed by atoms with Crippen LogP contribution in [-0.2, 0) is 6.54 Å². The van der Waals surface area contributed by atoms with E-state index in [1.807, 2.05) is 6.92 Å². The van der Waals surface area contributed by atoms with Gasteiger partial charge in [0.15, 0.2) is 5.82 Å². The van der Waals surface area contributed by atoms with Gasteiger partial charge in [-0.3, -0.25) is 0 Å². The van der Waals surface area contributed by atoms with Crippen molar-refractivity contribution >= 4 is 17.2 Å². The molecule has 0 spiro atoms. The Bertz CT molecular complexity index is 620. The summed E-state index contributed by atoms with van der Waals surface area (Å²) in [6.45, 7) is 5.75. The molecule has 0 aliphatic rings. The van der Waals surface area contributed by atoms with Crippen molar-refractivity contribution < 1.29 is 8.78 Å². The summed E-state index contributed by atoms with van der Waals surface area (Å²) in [6, 6.07) is 2.26. The van der Waals surface area contributed by atoms with Gasteiger partial charge in [-0.25, -0.2) is 13.5 Å². The van der Waals surface area contributed by atoms with Gasteiger partial charge in [-0.15, -0.1) is 0 Å². The molecule has 1 aromatic carbocycles. The van der Waals surface area contributed by atoms with E-state index in [1.54, 1.807) is 11.6 Å². The molecule has 0 amide bonds. The van der Waals surface area contributed by atoms with Crippen LogP contribution in [0.15, 0.2) is 12.1 Å². The highest BCUT2D eigenvalue weighted by Gasteiger charge is 2.14. The van der Waals surface area contributed by atoms with Crippen LogP contribution >= 0.6 is 0 Å². The summed E-state index contributed by atoms with van der Waals surface area (Å²) in [7, 11) is 0. The van der Waals surface area contributed by atoms with E-state index in [1.165, 1.54) is 6.92 Å². The Morgan fingerprint density at radius 2 is 1.95 bits per heavy atom. The van der Waals surface area contributed by atoms with Crippen molar-refractivity contribution in [3.8, 4) is 0 Å². The number of halogens is 2.